The fourth-order valence-electron chi connectivity index (χ4n) is 2.54. The lowest BCUT2D eigenvalue weighted by Crippen LogP contribution is -2.38. The molecule has 2 heterocycles. The van der Waals surface area contributed by atoms with Gasteiger partial charge in [-0.2, -0.15) is 13.2 Å². The number of halogens is 4. The Kier molecular flexibility index (Phi) is 9.22. The van der Waals surface area contributed by atoms with Crippen LogP contribution in [-0.4, -0.2) is 32.3 Å². The molecule has 2 aromatic heterocycles. The minimum atomic E-state index is -4.42. The van der Waals surface area contributed by atoms with Crippen molar-refractivity contribution in [2.45, 2.75) is 32.6 Å². The summed E-state index contributed by atoms with van der Waals surface area (Å²) < 4.78 is 40.0. The van der Waals surface area contributed by atoms with Crippen LogP contribution in [-0.2, 0) is 32.7 Å². The van der Waals surface area contributed by atoms with Gasteiger partial charge in [0, 0.05) is 25.4 Å². The minimum absolute atomic E-state index is 0. The highest BCUT2D eigenvalue weighted by molar-refractivity contribution is 14.0. The van der Waals surface area contributed by atoms with Gasteiger partial charge in [-0.1, -0.05) is 30.3 Å². The van der Waals surface area contributed by atoms with Crippen molar-refractivity contribution in [3.8, 4) is 0 Å². The van der Waals surface area contributed by atoms with Gasteiger partial charge in [0.15, 0.2) is 17.5 Å². The molecule has 0 aliphatic carbocycles. The lowest BCUT2D eigenvalue weighted by Gasteiger charge is -2.12. The monoisotopic (exact) mass is 565 g/mol. The van der Waals surface area contributed by atoms with Crippen molar-refractivity contribution < 1.29 is 13.2 Å². The molecule has 3 aromatic rings. The van der Waals surface area contributed by atoms with E-state index in [1.165, 1.54) is 0 Å². The first-order chi connectivity index (χ1) is 14.3. The Bertz CT molecular complexity index is 986. The fourth-order valence-corrected chi connectivity index (χ4v) is 3.34. The maximum absolute atomic E-state index is 12.7. The number of nitrogens with one attached hydrogen (secondary N) is 2. The Morgan fingerprint density at radius 2 is 1.90 bits per heavy atom. The third-order valence-corrected chi connectivity index (χ3v) is 5.24. The Balaban J connectivity index is 0.00000341. The van der Waals surface area contributed by atoms with Gasteiger partial charge in [0.25, 0.3) is 0 Å². The van der Waals surface area contributed by atoms with Gasteiger partial charge in [-0.15, -0.1) is 45.5 Å². The molecular formula is C19H23F3IN7S. The molecule has 0 unspecified atom stereocenters. The van der Waals surface area contributed by atoms with Crippen LogP contribution < -0.4 is 10.6 Å². The van der Waals surface area contributed by atoms with Crippen LogP contribution in [0.5, 0.6) is 0 Å². The van der Waals surface area contributed by atoms with Crippen LogP contribution in [0, 0.1) is 6.92 Å². The van der Waals surface area contributed by atoms with Crippen LogP contribution in [0.4, 0.5) is 13.2 Å². The second kappa shape index (κ2) is 11.4. The Labute approximate surface area is 199 Å². The van der Waals surface area contributed by atoms with Crippen LogP contribution in [0.3, 0.4) is 0 Å². The summed E-state index contributed by atoms with van der Waals surface area (Å²) in [6.07, 6.45) is -4.06. The number of rotatable bonds is 7. The Morgan fingerprint density at radius 3 is 2.52 bits per heavy atom. The number of hydrogen-bond donors (Lipinski definition) is 2. The van der Waals surface area contributed by atoms with Crippen molar-refractivity contribution in [3.63, 3.8) is 0 Å². The van der Waals surface area contributed by atoms with Gasteiger partial charge in [0.2, 0.25) is 0 Å². The number of aromatic nitrogens is 4. The van der Waals surface area contributed by atoms with E-state index in [-0.39, 0.29) is 24.0 Å². The number of guanidine groups is 1. The molecule has 31 heavy (non-hydrogen) atoms. The fraction of sp³-hybridized carbons (Fsp3) is 0.368. The quantitative estimate of drug-likeness (QED) is 0.260. The molecule has 0 atom stereocenters. The molecule has 0 spiro atoms. The molecule has 7 nitrogen and oxygen atoms in total. The van der Waals surface area contributed by atoms with Crippen molar-refractivity contribution in [3.05, 3.63) is 63.6 Å². The minimum Gasteiger partial charge on any atom is -0.356 e. The van der Waals surface area contributed by atoms with E-state index in [9.17, 15) is 13.2 Å². The SMILES string of the molecule is Cc1nnc(CNC(=NCc2ccccc2)NCCc2nc(C(F)(F)F)cs2)n1C.I. The van der Waals surface area contributed by atoms with E-state index >= 15 is 0 Å². The third-order valence-electron chi connectivity index (χ3n) is 4.33. The van der Waals surface area contributed by atoms with Crippen molar-refractivity contribution >= 4 is 41.3 Å². The van der Waals surface area contributed by atoms with E-state index in [4.69, 9.17) is 0 Å². The van der Waals surface area contributed by atoms with Crippen molar-refractivity contribution in [2.24, 2.45) is 12.0 Å². The maximum Gasteiger partial charge on any atom is 0.434 e. The van der Waals surface area contributed by atoms with E-state index in [2.05, 4.69) is 30.8 Å². The summed E-state index contributed by atoms with van der Waals surface area (Å²) in [7, 11) is 1.88. The molecule has 12 heteroatoms. The van der Waals surface area contributed by atoms with Gasteiger partial charge in [0.1, 0.15) is 5.82 Å². The average Bonchev–Trinajstić information content (AvgIpc) is 3.32. The molecular weight excluding hydrogens is 542 g/mol. The summed E-state index contributed by atoms with van der Waals surface area (Å²) in [5.74, 6) is 2.08. The zero-order valence-corrected chi connectivity index (χ0v) is 20.1. The van der Waals surface area contributed by atoms with Gasteiger partial charge in [-0.3, -0.25) is 0 Å². The van der Waals surface area contributed by atoms with Gasteiger partial charge in [-0.05, 0) is 12.5 Å². The highest BCUT2D eigenvalue weighted by atomic mass is 127. The number of benzene rings is 1. The van der Waals surface area contributed by atoms with E-state index in [0.29, 0.717) is 37.0 Å². The number of aryl methyl sites for hydroxylation is 1. The third kappa shape index (κ3) is 7.45. The molecule has 0 radical (unpaired) electrons. The summed E-state index contributed by atoms with van der Waals surface area (Å²) >= 11 is 1.00. The molecule has 2 N–H and O–H groups in total. The van der Waals surface area contributed by atoms with Crippen LogP contribution in [0.25, 0.3) is 0 Å². The zero-order valence-electron chi connectivity index (χ0n) is 17.0. The summed E-state index contributed by atoms with van der Waals surface area (Å²) in [4.78, 5) is 8.21. The lowest BCUT2D eigenvalue weighted by molar-refractivity contribution is -0.140. The number of thiazole rings is 1. The summed E-state index contributed by atoms with van der Waals surface area (Å²) in [6, 6.07) is 9.76. The number of nitrogens with zero attached hydrogens (tertiary/aromatic N) is 5. The second-order valence-electron chi connectivity index (χ2n) is 6.53. The molecule has 0 saturated heterocycles. The Hall–Kier alpha value is -2.22. The maximum atomic E-state index is 12.7. The molecule has 1 aromatic carbocycles. The first kappa shape index (κ1) is 25.0. The number of hydrogen-bond acceptors (Lipinski definition) is 5. The van der Waals surface area contributed by atoms with Gasteiger partial charge >= 0.3 is 6.18 Å². The largest absolute Gasteiger partial charge is 0.434 e. The zero-order chi connectivity index (χ0) is 21.6. The molecule has 0 fully saturated rings. The molecule has 168 valence electrons. The van der Waals surface area contributed by atoms with Crippen LogP contribution >= 0.6 is 35.3 Å². The van der Waals surface area contributed by atoms with Crippen molar-refractivity contribution in [2.75, 3.05) is 6.54 Å². The van der Waals surface area contributed by atoms with Gasteiger partial charge < -0.3 is 15.2 Å². The van der Waals surface area contributed by atoms with Crippen LogP contribution in [0.15, 0.2) is 40.7 Å². The smallest absolute Gasteiger partial charge is 0.356 e. The highest BCUT2D eigenvalue weighted by Gasteiger charge is 2.33. The molecule has 0 amide bonds. The summed E-state index contributed by atoms with van der Waals surface area (Å²) in [5, 5.41) is 15.9. The van der Waals surface area contributed by atoms with Crippen LogP contribution in [0.1, 0.15) is 27.9 Å². The van der Waals surface area contributed by atoms with Crippen molar-refractivity contribution in [1.82, 2.24) is 30.4 Å². The van der Waals surface area contributed by atoms with Gasteiger partial charge in [0.05, 0.1) is 18.1 Å². The van der Waals surface area contributed by atoms with Gasteiger partial charge in [-0.25, -0.2) is 9.98 Å². The first-order valence-electron chi connectivity index (χ1n) is 9.25. The topological polar surface area (TPSA) is 80.0 Å². The first-order valence-corrected chi connectivity index (χ1v) is 10.1. The Morgan fingerprint density at radius 1 is 1.16 bits per heavy atom. The van der Waals surface area contributed by atoms with E-state index in [1.807, 2.05) is 48.9 Å². The molecule has 3 rings (SSSR count). The standard InChI is InChI=1S/C19H22F3N7S.HI/c1-13-27-28-16(29(13)2)11-25-18(24-10-14-6-4-3-5-7-14)23-9-8-17-26-15(12-30-17)19(20,21)22;/h3-7,12H,8-11H2,1-2H3,(H2,23,24,25);1H. The van der Waals surface area contributed by atoms with Crippen LogP contribution in [0.2, 0.25) is 0 Å². The normalized spacial score (nSPS) is 11.8. The van der Waals surface area contributed by atoms with E-state index in [1.54, 1.807) is 0 Å². The predicted octanol–water partition coefficient (Wildman–Crippen LogP) is 3.69. The summed E-state index contributed by atoms with van der Waals surface area (Å²) in [5.41, 5.74) is 0.194. The lowest BCUT2D eigenvalue weighted by atomic mass is 10.2. The average molecular weight is 565 g/mol. The number of alkyl halides is 3. The highest BCUT2D eigenvalue weighted by Crippen LogP contribution is 2.29. The molecule has 0 aliphatic rings. The number of aliphatic imine (C=N–C) groups is 1. The van der Waals surface area contributed by atoms with Crippen molar-refractivity contribution in [1.29, 1.82) is 0 Å². The van der Waals surface area contributed by atoms with E-state index in [0.717, 1.165) is 33.9 Å². The molecule has 0 aliphatic heterocycles. The molecule has 0 saturated carbocycles. The predicted molar refractivity (Wildman–Crippen MR) is 124 cm³/mol. The van der Waals surface area contributed by atoms with E-state index < -0.39 is 11.9 Å². The summed E-state index contributed by atoms with van der Waals surface area (Å²) in [6.45, 7) is 3.13. The second-order valence-corrected chi connectivity index (χ2v) is 7.47. The molecule has 0 bridgehead atoms.